The molecule has 2 nitrogen and oxygen atoms in total. The Morgan fingerprint density at radius 2 is 2.08 bits per heavy atom. The van der Waals surface area contributed by atoms with E-state index in [1.165, 1.54) is 6.42 Å². The van der Waals surface area contributed by atoms with E-state index in [1.54, 1.807) is 0 Å². The molecule has 12 heavy (non-hydrogen) atoms. The molecule has 0 radical (unpaired) electrons. The summed E-state index contributed by atoms with van der Waals surface area (Å²) in [6, 6.07) is -0.0807. The summed E-state index contributed by atoms with van der Waals surface area (Å²) < 4.78 is 0. The average Bonchev–Trinajstić information content (AvgIpc) is 2.15. The second-order valence-corrected chi connectivity index (χ2v) is 4.43. The van der Waals surface area contributed by atoms with Gasteiger partial charge in [-0.3, -0.25) is 0 Å². The first kappa shape index (κ1) is 10.0. The smallest absolute Gasteiger partial charge is 0.0795 e. The summed E-state index contributed by atoms with van der Waals surface area (Å²) in [7, 11) is 0. The number of aliphatic hydroxyl groups is 1. The Kier molecular flexibility index (Phi) is 3.13. The molecular weight excluding hydrogens is 150 g/mol. The zero-order valence-electron chi connectivity index (χ0n) is 8.21. The van der Waals surface area contributed by atoms with Gasteiger partial charge < -0.3 is 10.8 Å². The van der Waals surface area contributed by atoms with E-state index in [0.29, 0.717) is 0 Å². The van der Waals surface area contributed by atoms with Crippen molar-refractivity contribution in [2.24, 2.45) is 11.7 Å². The van der Waals surface area contributed by atoms with Gasteiger partial charge in [0.1, 0.15) is 0 Å². The Balaban J connectivity index is 2.55. The molecule has 0 aromatic carbocycles. The Morgan fingerprint density at radius 1 is 1.42 bits per heavy atom. The van der Waals surface area contributed by atoms with Crippen molar-refractivity contribution >= 4 is 0 Å². The molecular formula is C10H21NO. The first-order chi connectivity index (χ1) is 5.54. The summed E-state index contributed by atoms with van der Waals surface area (Å²) >= 11 is 0. The summed E-state index contributed by atoms with van der Waals surface area (Å²) in [6.45, 7) is 4.17. The zero-order chi connectivity index (χ0) is 9.19. The highest BCUT2D eigenvalue weighted by atomic mass is 16.3. The van der Waals surface area contributed by atoms with Crippen LogP contribution in [0.25, 0.3) is 0 Å². The lowest BCUT2D eigenvalue weighted by atomic mass is 9.88. The van der Waals surface area contributed by atoms with Gasteiger partial charge in [-0.1, -0.05) is 19.8 Å². The third-order valence-corrected chi connectivity index (χ3v) is 3.22. The minimum Gasteiger partial charge on any atom is -0.388 e. The fourth-order valence-electron chi connectivity index (χ4n) is 1.98. The topological polar surface area (TPSA) is 46.2 Å². The van der Waals surface area contributed by atoms with E-state index in [-0.39, 0.29) is 6.04 Å². The maximum Gasteiger partial charge on any atom is 0.0795 e. The van der Waals surface area contributed by atoms with Gasteiger partial charge >= 0.3 is 0 Å². The first-order valence-corrected chi connectivity index (χ1v) is 5.02. The Morgan fingerprint density at radius 3 is 2.67 bits per heavy atom. The number of rotatable bonds is 1. The standard InChI is InChI=1S/C10H21NO/c1-8-4-3-6-10(12,7-5-8)9(2)11/h8-9,12H,3-7,11H2,1-2H3. The molecule has 0 aliphatic heterocycles. The molecule has 0 saturated heterocycles. The summed E-state index contributed by atoms with van der Waals surface area (Å²) in [6.07, 6.45) is 5.26. The van der Waals surface area contributed by atoms with Crippen LogP contribution >= 0.6 is 0 Å². The van der Waals surface area contributed by atoms with Crippen LogP contribution in [0.15, 0.2) is 0 Å². The molecule has 2 heteroatoms. The van der Waals surface area contributed by atoms with E-state index < -0.39 is 5.60 Å². The maximum absolute atomic E-state index is 10.1. The van der Waals surface area contributed by atoms with E-state index in [1.807, 2.05) is 6.92 Å². The molecule has 1 aliphatic rings. The summed E-state index contributed by atoms with van der Waals surface area (Å²) in [5.41, 5.74) is 5.19. The van der Waals surface area contributed by atoms with Crippen LogP contribution in [-0.2, 0) is 0 Å². The average molecular weight is 171 g/mol. The van der Waals surface area contributed by atoms with Crippen LogP contribution in [0.5, 0.6) is 0 Å². The molecule has 0 bridgehead atoms. The molecule has 0 amide bonds. The molecule has 0 aromatic rings. The van der Waals surface area contributed by atoms with Crippen molar-refractivity contribution in [2.45, 2.75) is 57.6 Å². The van der Waals surface area contributed by atoms with Crippen molar-refractivity contribution in [1.29, 1.82) is 0 Å². The first-order valence-electron chi connectivity index (χ1n) is 5.02. The maximum atomic E-state index is 10.1. The van der Waals surface area contributed by atoms with Crippen molar-refractivity contribution in [2.75, 3.05) is 0 Å². The van der Waals surface area contributed by atoms with E-state index >= 15 is 0 Å². The van der Waals surface area contributed by atoms with Gasteiger partial charge in [-0.05, 0) is 32.1 Å². The highest BCUT2D eigenvalue weighted by Gasteiger charge is 2.33. The summed E-state index contributed by atoms with van der Waals surface area (Å²) in [4.78, 5) is 0. The van der Waals surface area contributed by atoms with Crippen molar-refractivity contribution in [3.05, 3.63) is 0 Å². The van der Waals surface area contributed by atoms with Crippen molar-refractivity contribution in [1.82, 2.24) is 0 Å². The highest BCUT2D eigenvalue weighted by molar-refractivity contribution is 4.89. The monoisotopic (exact) mass is 171 g/mol. The SMILES string of the molecule is CC1CCCC(O)(C(C)N)CC1. The Bertz CT molecular complexity index is 147. The van der Waals surface area contributed by atoms with Gasteiger partial charge in [-0.25, -0.2) is 0 Å². The van der Waals surface area contributed by atoms with Gasteiger partial charge in [0.15, 0.2) is 0 Å². The number of hydrogen-bond acceptors (Lipinski definition) is 2. The van der Waals surface area contributed by atoms with Gasteiger partial charge in [0.2, 0.25) is 0 Å². The quantitative estimate of drug-likeness (QED) is 0.589. The van der Waals surface area contributed by atoms with Crippen LogP contribution in [-0.4, -0.2) is 16.7 Å². The van der Waals surface area contributed by atoms with Crippen LogP contribution in [0, 0.1) is 5.92 Å². The van der Waals surface area contributed by atoms with Gasteiger partial charge in [0, 0.05) is 6.04 Å². The fourth-order valence-corrected chi connectivity index (χ4v) is 1.98. The van der Waals surface area contributed by atoms with Crippen LogP contribution in [0.1, 0.15) is 46.0 Å². The van der Waals surface area contributed by atoms with E-state index in [4.69, 9.17) is 5.73 Å². The third-order valence-electron chi connectivity index (χ3n) is 3.22. The van der Waals surface area contributed by atoms with Crippen molar-refractivity contribution < 1.29 is 5.11 Å². The Labute approximate surface area is 75.2 Å². The molecule has 0 spiro atoms. The third kappa shape index (κ3) is 2.20. The fraction of sp³-hybridized carbons (Fsp3) is 1.00. The molecule has 3 N–H and O–H groups in total. The number of hydrogen-bond donors (Lipinski definition) is 2. The molecule has 1 fully saturated rings. The molecule has 3 unspecified atom stereocenters. The number of nitrogens with two attached hydrogens (primary N) is 1. The molecule has 3 atom stereocenters. The predicted molar refractivity (Wildman–Crippen MR) is 50.8 cm³/mol. The predicted octanol–water partition coefficient (Wildman–Crippen LogP) is 1.66. The van der Waals surface area contributed by atoms with E-state index in [9.17, 15) is 5.11 Å². The van der Waals surface area contributed by atoms with Gasteiger partial charge in [-0.15, -0.1) is 0 Å². The molecule has 0 aromatic heterocycles. The largest absolute Gasteiger partial charge is 0.388 e. The summed E-state index contributed by atoms with van der Waals surface area (Å²) in [5.74, 6) is 0.762. The normalized spacial score (nSPS) is 40.5. The van der Waals surface area contributed by atoms with Crippen LogP contribution in [0.2, 0.25) is 0 Å². The second kappa shape index (κ2) is 3.75. The second-order valence-electron chi connectivity index (χ2n) is 4.43. The zero-order valence-corrected chi connectivity index (χ0v) is 8.21. The lowest BCUT2D eigenvalue weighted by molar-refractivity contribution is 0.00417. The minimum absolute atomic E-state index is 0.0807. The molecule has 1 rings (SSSR count). The minimum atomic E-state index is -0.579. The molecule has 0 heterocycles. The van der Waals surface area contributed by atoms with Crippen LogP contribution in [0.3, 0.4) is 0 Å². The van der Waals surface area contributed by atoms with Crippen molar-refractivity contribution in [3.8, 4) is 0 Å². The van der Waals surface area contributed by atoms with E-state index in [2.05, 4.69) is 6.92 Å². The Hall–Kier alpha value is -0.0800. The van der Waals surface area contributed by atoms with Crippen LogP contribution < -0.4 is 5.73 Å². The highest BCUT2D eigenvalue weighted by Crippen LogP contribution is 2.31. The molecule has 1 saturated carbocycles. The molecule has 1 aliphatic carbocycles. The van der Waals surface area contributed by atoms with E-state index in [0.717, 1.165) is 31.6 Å². The van der Waals surface area contributed by atoms with Crippen LogP contribution in [0.4, 0.5) is 0 Å². The lowest BCUT2D eigenvalue weighted by Gasteiger charge is -2.30. The summed E-state index contributed by atoms with van der Waals surface area (Å²) in [5, 5.41) is 10.1. The van der Waals surface area contributed by atoms with Gasteiger partial charge in [-0.2, -0.15) is 0 Å². The van der Waals surface area contributed by atoms with Gasteiger partial charge in [0.05, 0.1) is 5.60 Å². The van der Waals surface area contributed by atoms with Gasteiger partial charge in [0.25, 0.3) is 0 Å². The van der Waals surface area contributed by atoms with Crippen molar-refractivity contribution in [3.63, 3.8) is 0 Å². The molecule has 72 valence electrons. The lowest BCUT2D eigenvalue weighted by Crippen LogP contribution is -2.45.